The molecule has 2 rings (SSSR count). The van der Waals surface area contributed by atoms with E-state index < -0.39 is 10.2 Å². The zero-order chi connectivity index (χ0) is 12.6. The molecule has 0 aliphatic carbocycles. The molecule has 1 fully saturated rings. The molecule has 1 aliphatic heterocycles. The van der Waals surface area contributed by atoms with Gasteiger partial charge in [-0.05, 0) is 30.0 Å². The van der Waals surface area contributed by atoms with Gasteiger partial charge in [-0.2, -0.15) is 12.7 Å². The van der Waals surface area contributed by atoms with Crippen molar-refractivity contribution in [3.63, 3.8) is 0 Å². The van der Waals surface area contributed by atoms with Crippen LogP contribution in [-0.2, 0) is 10.2 Å². The molecule has 17 heavy (non-hydrogen) atoms. The molecule has 4 nitrogen and oxygen atoms in total. The lowest BCUT2D eigenvalue weighted by Crippen LogP contribution is -2.37. The molecular weight excluding hydrogens is 243 g/mol. The quantitative estimate of drug-likeness (QED) is 0.871. The van der Waals surface area contributed by atoms with Gasteiger partial charge in [0.1, 0.15) is 5.82 Å². The smallest absolute Gasteiger partial charge is 0.216 e. The van der Waals surface area contributed by atoms with Gasteiger partial charge in [-0.1, -0.05) is 19.1 Å². The SMILES string of the molecule is C[C@@H]1CCN(S(N)(=O)=O)[C@H]1c1cccc(F)c1. The van der Waals surface area contributed by atoms with Crippen molar-refractivity contribution >= 4 is 10.2 Å². The van der Waals surface area contributed by atoms with Gasteiger partial charge in [0.05, 0.1) is 6.04 Å². The molecule has 0 unspecified atom stereocenters. The Kier molecular flexibility index (Phi) is 3.20. The van der Waals surface area contributed by atoms with Crippen LogP contribution in [0.3, 0.4) is 0 Å². The number of halogens is 1. The predicted molar refractivity (Wildman–Crippen MR) is 62.7 cm³/mol. The molecular formula is C11H15FN2O2S. The first kappa shape index (κ1) is 12.5. The van der Waals surface area contributed by atoms with Gasteiger partial charge in [0, 0.05) is 6.54 Å². The Morgan fingerprint density at radius 1 is 1.47 bits per heavy atom. The van der Waals surface area contributed by atoms with E-state index in [1.807, 2.05) is 6.92 Å². The van der Waals surface area contributed by atoms with Gasteiger partial charge in [0.15, 0.2) is 0 Å². The molecule has 0 radical (unpaired) electrons. The summed E-state index contributed by atoms with van der Waals surface area (Å²) in [6.45, 7) is 2.34. The zero-order valence-electron chi connectivity index (χ0n) is 9.51. The van der Waals surface area contributed by atoms with Crippen molar-refractivity contribution in [1.82, 2.24) is 4.31 Å². The van der Waals surface area contributed by atoms with Crippen LogP contribution < -0.4 is 5.14 Å². The lowest BCUT2D eigenvalue weighted by molar-refractivity contribution is 0.356. The van der Waals surface area contributed by atoms with Crippen LogP contribution >= 0.6 is 0 Å². The van der Waals surface area contributed by atoms with Crippen LogP contribution in [0.2, 0.25) is 0 Å². The van der Waals surface area contributed by atoms with Gasteiger partial charge in [-0.25, -0.2) is 9.53 Å². The van der Waals surface area contributed by atoms with Gasteiger partial charge >= 0.3 is 0 Å². The topological polar surface area (TPSA) is 63.4 Å². The first-order chi connectivity index (χ1) is 7.89. The van der Waals surface area contributed by atoms with Gasteiger partial charge in [-0.3, -0.25) is 0 Å². The number of hydrogen-bond acceptors (Lipinski definition) is 2. The van der Waals surface area contributed by atoms with E-state index in [4.69, 9.17) is 5.14 Å². The van der Waals surface area contributed by atoms with E-state index in [0.717, 1.165) is 6.42 Å². The maximum Gasteiger partial charge on any atom is 0.277 e. The zero-order valence-corrected chi connectivity index (χ0v) is 10.3. The van der Waals surface area contributed by atoms with E-state index in [0.29, 0.717) is 12.1 Å². The number of nitrogens with two attached hydrogens (primary N) is 1. The highest BCUT2D eigenvalue weighted by molar-refractivity contribution is 7.86. The molecule has 1 aromatic rings. The normalized spacial score (nSPS) is 26.3. The summed E-state index contributed by atoms with van der Waals surface area (Å²) in [5, 5.41) is 5.17. The second-order valence-electron chi connectivity index (χ2n) is 4.42. The average Bonchev–Trinajstić information content (AvgIpc) is 2.59. The molecule has 2 N–H and O–H groups in total. The second kappa shape index (κ2) is 4.36. The maximum atomic E-state index is 13.2. The van der Waals surface area contributed by atoms with E-state index in [1.165, 1.54) is 16.4 Å². The van der Waals surface area contributed by atoms with Crippen molar-refractivity contribution in [2.45, 2.75) is 19.4 Å². The second-order valence-corrected chi connectivity index (χ2v) is 5.92. The molecule has 6 heteroatoms. The first-order valence-electron chi connectivity index (χ1n) is 5.44. The van der Waals surface area contributed by atoms with Crippen LogP contribution in [0.1, 0.15) is 24.9 Å². The molecule has 0 bridgehead atoms. The fourth-order valence-corrected chi connectivity index (χ4v) is 3.39. The van der Waals surface area contributed by atoms with Crippen LogP contribution in [0.15, 0.2) is 24.3 Å². The first-order valence-corrected chi connectivity index (χ1v) is 6.95. The molecule has 0 amide bonds. The molecule has 2 atom stereocenters. The molecule has 0 spiro atoms. The maximum absolute atomic E-state index is 13.2. The van der Waals surface area contributed by atoms with E-state index in [2.05, 4.69) is 0 Å². The van der Waals surface area contributed by atoms with Crippen molar-refractivity contribution in [1.29, 1.82) is 0 Å². The van der Waals surface area contributed by atoms with Gasteiger partial charge in [-0.15, -0.1) is 0 Å². The Hall–Kier alpha value is -0.980. The van der Waals surface area contributed by atoms with E-state index in [1.54, 1.807) is 12.1 Å². The van der Waals surface area contributed by atoms with Gasteiger partial charge in [0.25, 0.3) is 10.2 Å². The number of hydrogen-bond donors (Lipinski definition) is 1. The molecule has 0 saturated carbocycles. The van der Waals surface area contributed by atoms with Crippen molar-refractivity contribution in [2.24, 2.45) is 11.1 Å². The number of rotatable bonds is 2. The van der Waals surface area contributed by atoms with Crippen molar-refractivity contribution in [3.8, 4) is 0 Å². The Labute approximate surface area is 100 Å². The monoisotopic (exact) mass is 258 g/mol. The minimum Gasteiger partial charge on any atom is -0.216 e. The Morgan fingerprint density at radius 2 is 2.18 bits per heavy atom. The molecule has 1 aliphatic rings. The lowest BCUT2D eigenvalue weighted by Gasteiger charge is -2.24. The highest BCUT2D eigenvalue weighted by Crippen LogP contribution is 2.38. The Bertz CT molecular complexity index is 518. The van der Waals surface area contributed by atoms with Crippen molar-refractivity contribution in [3.05, 3.63) is 35.6 Å². The summed E-state index contributed by atoms with van der Waals surface area (Å²) in [6, 6.07) is 5.65. The fourth-order valence-electron chi connectivity index (χ4n) is 2.38. The van der Waals surface area contributed by atoms with Gasteiger partial charge in [0.2, 0.25) is 0 Å². The Balaban J connectivity index is 2.41. The number of nitrogens with zero attached hydrogens (tertiary/aromatic N) is 1. The van der Waals surface area contributed by atoms with E-state index in [-0.39, 0.29) is 17.8 Å². The highest BCUT2D eigenvalue weighted by Gasteiger charge is 2.38. The minimum absolute atomic E-state index is 0.134. The standard InChI is InChI=1S/C11H15FN2O2S/c1-8-5-6-14(17(13,15)16)11(8)9-3-2-4-10(12)7-9/h2-4,7-8,11H,5-6H2,1H3,(H2,13,15,16)/t8-,11-/m1/s1. The van der Waals surface area contributed by atoms with Crippen LogP contribution in [0.4, 0.5) is 4.39 Å². The minimum atomic E-state index is -3.73. The lowest BCUT2D eigenvalue weighted by atomic mass is 9.96. The van der Waals surface area contributed by atoms with Crippen LogP contribution in [0, 0.1) is 11.7 Å². The van der Waals surface area contributed by atoms with Gasteiger partial charge < -0.3 is 0 Å². The fraction of sp³-hybridized carbons (Fsp3) is 0.455. The summed E-state index contributed by atoms with van der Waals surface area (Å²) >= 11 is 0. The van der Waals surface area contributed by atoms with Crippen LogP contribution in [-0.4, -0.2) is 19.3 Å². The van der Waals surface area contributed by atoms with Crippen LogP contribution in [0.5, 0.6) is 0 Å². The molecule has 1 heterocycles. The van der Waals surface area contributed by atoms with E-state index >= 15 is 0 Å². The van der Waals surface area contributed by atoms with Crippen LogP contribution in [0.25, 0.3) is 0 Å². The summed E-state index contributed by atoms with van der Waals surface area (Å²) in [7, 11) is -3.73. The summed E-state index contributed by atoms with van der Waals surface area (Å²) in [5.74, 6) is -0.230. The molecule has 0 aromatic heterocycles. The summed E-state index contributed by atoms with van der Waals surface area (Å²) in [5.41, 5.74) is 0.657. The largest absolute Gasteiger partial charge is 0.277 e. The molecule has 1 aromatic carbocycles. The summed E-state index contributed by atoms with van der Waals surface area (Å²) in [4.78, 5) is 0. The summed E-state index contributed by atoms with van der Waals surface area (Å²) in [6.07, 6.45) is 0.734. The predicted octanol–water partition coefficient (Wildman–Crippen LogP) is 1.41. The van der Waals surface area contributed by atoms with Crippen molar-refractivity contribution < 1.29 is 12.8 Å². The third kappa shape index (κ3) is 2.48. The molecule has 94 valence electrons. The van der Waals surface area contributed by atoms with E-state index in [9.17, 15) is 12.8 Å². The summed E-state index contributed by atoms with van der Waals surface area (Å²) < 4.78 is 37.3. The number of benzene rings is 1. The molecule has 1 saturated heterocycles. The average molecular weight is 258 g/mol. The third-order valence-electron chi connectivity index (χ3n) is 3.17. The highest BCUT2D eigenvalue weighted by atomic mass is 32.2. The van der Waals surface area contributed by atoms with Crippen molar-refractivity contribution in [2.75, 3.05) is 6.54 Å². The Morgan fingerprint density at radius 3 is 2.76 bits per heavy atom. The third-order valence-corrected chi connectivity index (χ3v) is 4.23.